The molecule has 1 fully saturated rings. The van der Waals surface area contributed by atoms with E-state index >= 15 is 0 Å². The fraction of sp³-hybridized carbons (Fsp3) is 0.389. The summed E-state index contributed by atoms with van der Waals surface area (Å²) in [7, 11) is 0. The summed E-state index contributed by atoms with van der Waals surface area (Å²) in [6, 6.07) is 3.39. The molecule has 27 heavy (non-hydrogen) atoms. The van der Waals surface area contributed by atoms with Gasteiger partial charge in [-0.15, -0.1) is 0 Å². The number of benzene rings is 1. The van der Waals surface area contributed by atoms with Gasteiger partial charge in [0.05, 0.1) is 16.8 Å². The molecule has 2 aromatic rings. The zero-order chi connectivity index (χ0) is 19.6. The van der Waals surface area contributed by atoms with E-state index in [-0.39, 0.29) is 22.6 Å². The van der Waals surface area contributed by atoms with Crippen molar-refractivity contribution in [2.24, 2.45) is 5.92 Å². The molecule has 0 aliphatic carbocycles. The number of alkyl halides is 3. The number of halogens is 4. The van der Waals surface area contributed by atoms with Crippen LogP contribution in [0.4, 0.5) is 24.8 Å². The van der Waals surface area contributed by atoms with Gasteiger partial charge >= 0.3 is 6.18 Å². The summed E-state index contributed by atoms with van der Waals surface area (Å²) in [6.45, 7) is 3.45. The van der Waals surface area contributed by atoms with Crippen LogP contribution in [0.2, 0.25) is 5.02 Å². The van der Waals surface area contributed by atoms with Crippen molar-refractivity contribution in [3.8, 4) is 0 Å². The van der Waals surface area contributed by atoms with Crippen molar-refractivity contribution in [1.82, 2.24) is 14.9 Å². The Morgan fingerprint density at radius 2 is 2.00 bits per heavy atom. The van der Waals surface area contributed by atoms with Gasteiger partial charge < -0.3 is 10.2 Å². The van der Waals surface area contributed by atoms with E-state index in [0.717, 1.165) is 18.9 Å². The minimum Gasteiger partial charge on any atom is -0.338 e. The van der Waals surface area contributed by atoms with Crippen LogP contribution in [-0.4, -0.2) is 33.9 Å². The van der Waals surface area contributed by atoms with Gasteiger partial charge in [-0.3, -0.25) is 4.79 Å². The fourth-order valence-corrected chi connectivity index (χ4v) is 3.21. The molecule has 1 aromatic carbocycles. The number of hydrogen-bond donors (Lipinski definition) is 1. The SMILES string of the molecule is CC1CCCN(C(=O)c2cnc(Nc3ccc(Cl)cc3C(F)(F)F)nc2)C1. The predicted octanol–water partition coefficient (Wildman–Crippen LogP) is 4.76. The molecule has 3 rings (SSSR count). The topological polar surface area (TPSA) is 58.1 Å². The van der Waals surface area contributed by atoms with E-state index in [1.807, 2.05) is 0 Å². The van der Waals surface area contributed by atoms with Crippen molar-refractivity contribution in [3.05, 3.63) is 46.7 Å². The third kappa shape index (κ3) is 4.68. The number of amides is 1. The van der Waals surface area contributed by atoms with Crippen LogP contribution < -0.4 is 5.32 Å². The molecule has 9 heteroatoms. The lowest BCUT2D eigenvalue weighted by molar-refractivity contribution is -0.136. The van der Waals surface area contributed by atoms with Gasteiger partial charge in [-0.05, 0) is 37.0 Å². The zero-order valence-electron chi connectivity index (χ0n) is 14.6. The summed E-state index contributed by atoms with van der Waals surface area (Å²) in [5.41, 5.74) is -0.821. The first kappa shape index (κ1) is 19.4. The van der Waals surface area contributed by atoms with Gasteiger partial charge in [0.25, 0.3) is 5.91 Å². The second-order valence-corrected chi connectivity index (χ2v) is 7.04. The second kappa shape index (κ2) is 7.72. The molecule has 0 spiro atoms. The maximum Gasteiger partial charge on any atom is 0.418 e. The maximum absolute atomic E-state index is 13.1. The number of carbonyl (C=O) groups is 1. The molecule has 1 atom stereocenters. The summed E-state index contributed by atoms with van der Waals surface area (Å²) in [4.78, 5) is 22.2. The molecule has 1 aliphatic rings. The molecule has 0 radical (unpaired) electrons. The highest BCUT2D eigenvalue weighted by Crippen LogP contribution is 2.37. The Morgan fingerprint density at radius 1 is 1.30 bits per heavy atom. The van der Waals surface area contributed by atoms with Crippen molar-refractivity contribution < 1.29 is 18.0 Å². The minimum absolute atomic E-state index is 0.0227. The number of anilines is 2. The van der Waals surface area contributed by atoms with Crippen LogP contribution in [0, 0.1) is 5.92 Å². The summed E-state index contributed by atoms with van der Waals surface area (Å²) >= 11 is 5.66. The number of piperidine rings is 1. The molecule has 1 aromatic heterocycles. The lowest BCUT2D eigenvalue weighted by Crippen LogP contribution is -2.39. The van der Waals surface area contributed by atoms with Crippen LogP contribution in [0.15, 0.2) is 30.6 Å². The van der Waals surface area contributed by atoms with E-state index in [1.165, 1.54) is 24.5 Å². The Balaban J connectivity index is 1.76. The van der Waals surface area contributed by atoms with Crippen LogP contribution >= 0.6 is 11.6 Å². The fourth-order valence-electron chi connectivity index (χ4n) is 3.04. The number of aromatic nitrogens is 2. The molecule has 0 bridgehead atoms. The van der Waals surface area contributed by atoms with Crippen LogP contribution in [0.1, 0.15) is 35.7 Å². The highest BCUT2D eigenvalue weighted by atomic mass is 35.5. The first-order valence-electron chi connectivity index (χ1n) is 8.49. The van der Waals surface area contributed by atoms with Gasteiger partial charge in [-0.2, -0.15) is 13.2 Å². The zero-order valence-corrected chi connectivity index (χ0v) is 15.3. The lowest BCUT2D eigenvalue weighted by Gasteiger charge is -2.30. The van der Waals surface area contributed by atoms with Crippen LogP contribution in [0.5, 0.6) is 0 Å². The van der Waals surface area contributed by atoms with E-state index in [9.17, 15) is 18.0 Å². The Morgan fingerprint density at radius 3 is 2.63 bits per heavy atom. The van der Waals surface area contributed by atoms with Gasteiger partial charge in [-0.1, -0.05) is 18.5 Å². The summed E-state index contributed by atoms with van der Waals surface area (Å²) in [5, 5.41) is 2.51. The number of carbonyl (C=O) groups excluding carboxylic acids is 1. The molecule has 1 saturated heterocycles. The van der Waals surface area contributed by atoms with Crippen LogP contribution in [0.25, 0.3) is 0 Å². The molecular weight excluding hydrogens is 381 g/mol. The largest absolute Gasteiger partial charge is 0.418 e. The van der Waals surface area contributed by atoms with Gasteiger partial charge in [-0.25, -0.2) is 9.97 Å². The standard InChI is InChI=1S/C18H18ClF3N4O/c1-11-3-2-6-26(10-11)16(27)12-8-23-17(24-9-12)25-15-5-4-13(19)7-14(15)18(20,21)22/h4-5,7-9,11H,2-3,6,10H2,1H3,(H,23,24,25). The van der Waals surface area contributed by atoms with Gasteiger partial charge in [0.15, 0.2) is 0 Å². The normalized spacial score (nSPS) is 17.7. The molecular formula is C18H18ClF3N4O. The molecule has 2 heterocycles. The monoisotopic (exact) mass is 398 g/mol. The predicted molar refractivity (Wildman–Crippen MR) is 96.1 cm³/mol. The number of nitrogens with zero attached hydrogens (tertiary/aromatic N) is 3. The Kier molecular flexibility index (Phi) is 5.55. The molecule has 5 nitrogen and oxygen atoms in total. The van der Waals surface area contributed by atoms with Crippen LogP contribution in [-0.2, 0) is 6.18 Å². The molecule has 0 saturated carbocycles. The Hall–Kier alpha value is -2.35. The Labute approximate surface area is 159 Å². The number of hydrogen-bond acceptors (Lipinski definition) is 4. The lowest BCUT2D eigenvalue weighted by atomic mass is 10.00. The van der Waals surface area contributed by atoms with E-state index in [1.54, 1.807) is 4.90 Å². The van der Waals surface area contributed by atoms with Crippen molar-refractivity contribution in [2.45, 2.75) is 25.9 Å². The van der Waals surface area contributed by atoms with Crippen molar-refractivity contribution in [1.29, 1.82) is 0 Å². The van der Waals surface area contributed by atoms with E-state index < -0.39 is 11.7 Å². The average Bonchev–Trinajstić information content (AvgIpc) is 2.62. The van der Waals surface area contributed by atoms with Gasteiger partial charge in [0.2, 0.25) is 5.95 Å². The minimum atomic E-state index is -4.58. The quantitative estimate of drug-likeness (QED) is 0.809. The number of rotatable bonds is 3. The molecule has 1 amide bonds. The number of likely N-dealkylation sites (tertiary alicyclic amines) is 1. The molecule has 1 unspecified atom stereocenters. The Bertz CT molecular complexity index is 826. The van der Waals surface area contributed by atoms with E-state index in [2.05, 4.69) is 22.2 Å². The average molecular weight is 399 g/mol. The molecule has 144 valence electrons. The highest BCUT2D eigenvalue weighted by Gasteiger charge is 2.34. The van der Waals surface area contributed by atoms with Gasteiger partial charge in [0.1, 0.15) is 0 Å². The highest BCUT2D eigenvalue weighted by molar-refractivity contribution is 6.30. The molecule has 1 N–H and O–H groups in total. The van der Waals surface area contributed by atoms with Crippen molar-refractivity contribution in [2.75, 3.05) is 18.4 Å². The maximum atomic E-state index is 13.1. The van der Waals surface area contributed by atoms with E-state index in [4.69, 9.17) is 11.6 Å². The third-order valence-electron chi connectivity index (χ3n) is 4.38. The smallest absolute Gasteiger partial charge is 0.338 e. The van der Waals surface area contributed by atoms with E-state index in [0.29, 0.717) is 24.6 Å². The molecule has 1 aliphatic heterocycles. The summed E-state index contributed by atoms with van der Waals surface area (Å²) < 4.78 is 39.4. The summed E-state index contributed by atoms with van der Waals surface area (Å²) in [6.07, 6.45) is 0.101. The number of nitrogens with one attached hydrogen (secondary N) is 1. The van der Waals surface area contributed by atoms with Crippen molar-refractivity contribution >= 4 is 29.1 Å². The summed E-state index contributed by atoms with van der Waals surface area (Å²) in [5.74, 6) is 0.234. The third-order valence-corrected chi connectivity index (χ3v) is 4.61. The van der Waals surface area contributed by atoms with Gasteiger partial charge in [0, 0.05) is 30.5 Å². The first-order chi connectivity index (χ1) is 12.7. The van der Waals surface area contributed by atoms with Crippen LogP contribution in [0.3, 0.4) is 0 Å². The van der Waals surface area contributed by atoms with Crippen molar-refractivity contribution in [3.63, 3.8) is 0 Å². The first-order valence-corrected chi connectivity index (χ1v) is 8.87. The second-order valence-electron chi connectivity index (χ2n) is 6.61.